The lowest BCUT2D eigenvalue weighted by atomic mass is 9.95. The number of benzene rings is 2. The number of sulfonamides is 1. The molecular formula is C26H27IN2O4S. The van der Waals surface area contributed by atoms with Gasteiger partial charge in [0.1, 0.15) is 0 Å². The average Bonchev–Trinajstić information content (AvgIpc) is 2.82. The molecular weight excluding hydrogens is 563 g/mol. The van der Waals surface area contributed by atoms with Crippen LogP contribution < -0.4 is 4.72 Å². The van der Waals surface area contributed by atoms with Gasteiger partial charge in [0.15, 0.2) is 0 Å². The van der Waals surface area contributed by atoms with Gasteiger partial charge in [0.05, 0.1) is 4.90 Å². The predicted molar refractivity (Wildman–Crippen MR) is 142 cm³/mol. The van der Waals surface area contributed by atoms with Crippen LogP contribution in [0, 0.1) is 3.57 Å². The number of aliphatic carboxylic acids is 1. The van der Waals surface area contributed by atoms with Crippen LogP contribution >= 0.6 is 22.6 Å². The number of unbranched alkanes of at least 4 members (excludes halogenated alkanes) is 2. The number of hydrogen-bond donors (Lipinski definition) is 2. The van der Waals surface area contributed by atoms with Gasteiger partial charge in [-0.05, 0) is 95.3 Å². The Morgan fingerprint density at radius 2 is 1.79 bits per heavy atom. The maximum atomic E-state index is 12.5. The summed E-state index contributed by atoms with van der Waals surface area (Å²) in [6.07, 6.45) is 8.56. The Bertz CT molecular complexity index is 1230. The van der Waals surface area contributed by atoms with Crippen molar-refractivity contribution in [3.8, 4) is 0 Å². The summed E-state index contributed by atoms with van der Waals surface area (Å²) in [7, 11) is -3.56. The van der Waals surface area contributed by atoms with E-state index in [2.05, 4.69) is 44.4 Å². The molecule has 6 nitrogen and oxygen atoms in total. The quantitative estimate of drug-likeness (QED) is 0.221. The smallest absolute Gasteiger partial charge is 0.303 e. The molecule has 34 heavy (non-hydrogen) atoms. The fraction of sp³-hybridized carbons (Fsp3) is 0.231. The van der Waals surface area contributed by atoms with Crippen LogP contribution in [0.1, 0.15) is 42.4 Å². The fourth-order valence-electron chi connectivity index (χ4n) is 3.51. The number of rotatable bonds is 12. The number of aromatic nitrogens is 1. The van der Waals surface area contributed by atoms with Crippen molar-refractivity contribution in [3.05, 3.63) is 99.4 Å². The molecule has 0 aliphatic rings. The van der Waals surface area contributed by atoms with Crippen LogP contribution in [0.2, 0.25) is 0 Å². The molecule has 3 aromatic rings. The molecule has 0 aliphatic carbocycles. The van der Waals surface area contributed by atoms with Gasteiger partial charge in [0, 0.05) is 34.5 Å². The van der Waals surface area contributed by atoms with E-state index in [9.17, 15) is 13.2 Å². The lowest BCUT2D eigenvalue weighted by molar-refractivity contribution is -0.137. The molecule has 0 radical (unpaired) electrons. The summed E-state index contributed by atoms with van der Waals surface area (Å²) in [5.41, 5.74) is 4.05. The highest BCUT2D eigenvalue weighted by atomic mass is 127. The zero-order chi connectivity index (χ0) is 24.4. The summed E-state index contributed by atoms with van der Waals surface area (Å²) >= 11 is 2.14. The first kappa shape index (κ1) is 26.1. The summed E-state index contributed by atoms with van der Waals surface area (Å²) in [5.74, 6) is -0.776. The summed E-state index contributed by atoms with van der Waals surface area (Å²) in [6, 6.07) is 18.7. The molecule has 0 spiro atoms. The Kier molecular flexibility index (Phi) is 9.79. The van der Waals surface area contributed by atoms with Gasteiger partial charge in [-0.25, -0.2) is 13.1 Å². The van der Waals surface area contributed by atoms with Crippen molar-refractivity contribution in [2.45, 2.75) is 37.0 Å². The van der Waals surface area contributed by atoms with Crippen LogP contribution in [-0.4, -0.2) is 31.0 Å². The van der Waals surface area contributed by atoms with Crippen molar-refractivity contribution in [3.63, 3.8) is 0 Å². The second-order valence-electron chi connectivity index (χ2n) is 7.80. The van der Waals surface area contributed by atoms with Crippen LogP contribution in [0.25, 0.3) is 5.57 Å². The van der Waals surface area contributed by atoms with E-state index in [-0.39, 0.29) is 11.3 Å². The van der Waals surface area contributed by atoms with Gasteiger partial charge in [0.2, 0.25) is 10.0 Å². The minimum Gasteiger partial charge on any atom is -0.481 e. The number of nitrogens with one attached hydrogen (secondary N) is 1. The van der Waals surface area contributed by atoms with Crippen molar-refractivity contribution in [2.75, 3.05) is 6.54 Å². The van der Waals surface area contributed by atoms with Gasteiger partial charge in [-0.1, -0.05) is 36.4 Å². The maximum absolute atomic E-state index is 12.5. The SMILES string of the molecule is O=C(O)CCCC/C=C(/c1cccnc1)c1cccc(CCNS(=O)(=O)c2ccc(I)cc2)c1. The van der Waals surface area contributed by atoms with Crippen LogP contribution in [0.5, 0.6) is 0 Å². The number of hydrogen-bond acceptors (Lipinski definition) is 4. The standard InChI is InChI=1S/C26H27IN2O4S/c27-23-11-13-24(14-12-23)34(32,33)29-17-15-20-6-4-7-21(18-20)25(22-8-5-16-28-19-22)9-2-1-3-10-26(30)31/h4-9,11-14,16,18-19,29H,1-3,10,15,17H2,(H,30,31)/b25-9+. The lowest BCUT2D eigenvalue weighted by Gasteiger charge is -2.11. The van der Waals surface area contributed by atoms with Crippen molar-refractivity contribution in [2.24, 2.45) is 0 Å². The molecule has 0 aliphatic heterocycles. The minimum atomic E-state index is -3.56. The Labute approximate surface area is 214 Å². The van der Waals surface area contributed by atoms with E-state index in [0.717, 1.165) is 38.7 Å². The Hall–Kier alpha value is -2.56. The van der Waals surface area contributed by atoms with Gasteiger partial charge in [-0.3, -0.25) is 9.78 Å². The lowest BCUT2D eigenvalue weighted by Crippen LogP contribution is -2.26. The van der Waals surface area contributed by atoms with E-state index in [1.54, 1.807) is 30.5 Å². The molecule has 0 amide bonds. The fourth-order valence-corrected chi connectivity index (χ4v) is 4.90. The number of allylic oxidation sites excluding steroid dienone is 1. The first-order valence-electron chi connectivity index (χ1n) is 11.0. The molecule has 178 valence electrons. The van der Waals surface area contributed by atoms with Gasteiger partial charge >= 0.3 is 5.97 Å². The van der Waals surface area contributed by atoms with Gasteiger partial charge in [-0.2, -0.15) is 0 Å². The number of halogens is 1. The molecule has 0 atom stereocenters. The van der Waals surface area contributed by atoms with Crippen LogP contribution in [0.3, 0.4) is 0 Å². The van der Waals surface area contributed by atoms with Gasteiger partial charge < -0.3 is 5.11 Å². The van der Waals surface area contributed by atoms with Crippen molar-refractivity contribution in [1.82, 2.24) is 9.71 Å². The zero-order valence-electron chi connectivity index (χ0n) is 18.7. The summed E-state index contributed by atoms with van der Waals surface area (Å²) in [5, 5.41) is 8.84. The molecule has 0 saturated heterocycles. The highest BCUT2D eigenvalue weighted by molar-refractivity contribution is 14.1. The second-order valence-corrected chi connectivity index (χ2v) is 10.8. The Balaban J connectivity index is 1.70. The van der Waals surface area contributed by atoms with Crippen LogP contribution in [0.4, 0.5) is 0 Å². The highest BCUT2D eigenvalue weighted by Crippen LogP contribution is 2.25. The first-order valence-corrected chi connectivity index (χ1v) is 13.6. The molecule has 3 rings (SSSR count). The van der Waals surface area contributed by atoms with E-state index in [0.29, 0.717) is 19.4 Å². The minimum absolute atomic E-state index is 0.170. The van der Waals surface area contributed by atoms with Crippen molar-refractivity contribution in [1.29, 1.82) is 0 Å². The van der Waals surface area contributed by atoms with Crippen LogP contribution in [-0.2, 0) is 21.2 Å². The van der Waals surface area contributed by atoms with Crippen molar-refractivity contribution < 1.29 is 18.3 Å². The second kappa shape index (κ2) is 12.8. The molecule has 1 aromatic heterocycles. The number of carboxylic acid groups (broad SMARTS) is 1. The Morgan fingerprint density at radius 3 is 2.50 bits per heavy atom. The summed E-state index contributed by atoms with van der Waals surface area (Å²) in [4.78, 5) is 15.2. The predicted octanol–water partition coefficient (Wildman–Crippen LogP) is 5.28. The number of nitrogens with zero attached hydrogens (tertiary/aromatic N) is 1. The van der Waals surface area contributed by atoms with E-state index < -0.39 is 16.0 Å². The molecule has 8 heteroatoms. The molecule has 0 unspecified atom stereocenters. The molecule has 0 bridgehead atoms. The summed E-state index contributed by atoms with van der Waals surface area (Å²) in [6.45, 7) is 0.291. The monoisotopic (exact) mass is 590 g/mol. The van der Waals surface area contributed by atoms with E-state index in [1.807, 2.05) is 36.5 Å². The molecule has 1 heterocycles. The average molecular weight is 590 g/mol. The summed E-state index contributed by atoms with van der Waals surface area (Å²) < 4.78 is 28.7. The first-order chi connectivity index (χ1) is 16.3. The normalized spacial score (nSPS) is 12.0. The van der Waals surface area contributed by atoms with Crippen molar-refractivity contribution >= 4 is 44.2 Å². The molecule has 0 saturated carbocycles. The third-order valence-electron chi connectivity index (χ3n) is 5.23. The van der Waals surface area contributed by atoms with Crippen LogP contribution in [0.15, 0.2) is 84.0 Å². The zero-order valence-corrected chi connectivity index (χ0v) is 21.6. The number of carbonyl (C=O) groups is 1. The van der Waals surface area contributed by atoms with E-state index >= 15 is 0 Å². The van der Waals surface area contributed by atoms with E-state index in [1.165, 1.54) is 0 Å². The number of carboxylic acids is 1. The third-order valence-corrected chi connectivity index (χ3v) is 7.43. The van der Waals surface area contributed by atoms with Gasteiger partial charge in [-0.15, -0.1) is 0 Å². The Morgan fingerprint density at radius 1 is 1.03 bits per heavy atom. The van der Waals surface area contributed by atoms with Gasteiger partial charge in [0.25, 0.3) is 0 Å². The molecule has 2 aromatic carbocycles. The largest absolute Gasteiger partial charge is 0.481 e. The highest BCUT2D eigenvalue weighted by Gasteiger charge is 2.13. The number of pyridine rings is 1. The topological polar surface area (TPSA) is 96.4 Å². The molecule has 0 fully saturated rings. The molecule has 2 N–H and O–H groups in total. The van der Waals surface area contributed by atoms with E-state index in [4.69, 9.17) is 5.11 Å². The third kappa shape index (κ3) is 8.03. The maximum Gasteiger partial charge on any atom is 0.303 e.